The minimum Gasteiger partial charge on any atom is -0.311 e. The van der Waals surface area contributed by atoms with Crippen LogP contribution in [0.2, 0.25) is 0 Å². The summed E-state index contributed by atoms with van der Waals surface area (Å²) in [6.07, 6.45) is 0. The van der Waals surface area contributed by atoms with E-state index in [1.165, 1.54) is 111 Å². The Morgan fingerprint density at radius 2 is 0.192 bits per heavy atom. The lowest BCUT2D eigenvalue weighted by atomic mass is 9.93. The molecule has 130 heavy (non-hydrogen) atoms. The molecular weight excluding hydrogens is 1570 g/mol. The molecule has 0 heterocycles. The molecule has 0 aromatic heterocycles. The second-order valence-electron chi connectivity index (χ2n) is 32.4. The van der Waals surface area contributed by atoms with E-state index in [2.05, 4.69) is 578 Å². The predicted octanol–water partition coefficient (Wildman–Crippen LogP) is 35.6. The van der Waals surface area contributed by atoms with Gasteiger partial charge in [-0.1, -0.05) is 413 Å². The zero-order valence-electron chi connectivity index (χ0n) is 71.9. The van der Waals surface area contributed by atoms with Gasteiger partial charge in [0.25, 0.3) is 0 Å². The van der Waals surface area contributed by atoms with E-state index in [1.54, 1.807) is 0 Å². The molecule has 0 radical (unpaired) electrons. The maximum atomic E-state index is 2.35. The zero-order chi connectivity index (χ0) is 87.0. The normalized spacial score (nSPS) is 10.9. The number of rotatable bonds is 23. The Hall–Kier alpha value is -17.2. The van der Waals surface area contributed by atoms with E-state index < -0.39 is 0 Å². The van der Waals surface area contributed by atoms with Crippen LogP contribution < -0.4 is 19.6 Å². The van der Waals surface area contributed by atoms with Gasteiger partial charge in [-0.3, -0.25) is 0 Å². The van der Waals surface area contributed by atoms with E-state index in [0.717, 1.165) is 79.4 Å². The van der Waals surface area contributed by atoms with E-state index in [4.69, 9.17) is 0 Å². The number of nitrogens with zero attached hydrogens (tertiary/aromatic N) is 4. The van der Waals surface area contributed by atoms with Crippen molar-refractivity contribution in [2.24, 2.45) is 0 Å². The maximum Gasteiger partial charge on any atom is 0.0468 e. The second-order valence-corrected chi connectivity index (χ2v) is 32.4. The predicted molar refractivity (Wildman–Crippen MR) is 551 cm³/mol. The highest BCUT2D eigenvalue weighted by atomic mass is 15.2. The van der Waals surface area contributed by atoms with Crippen molar-refractivity contribution in [3.05, 3.63) is 558 Å². The van der Waals surface area contributed by atoms with Gasteiger partial charge in [-0.05, 0) is 268 Å². The maximum absolute atomic E-state index is 2.35. The number of benzene rings is 21. The first-order valence-electron chi connectivity index (χ1n) is 44.4. The van der Waals surface area contributed by atoms with Gasteiger partial charge in [0.1, 0.15) is 0 Å². The first kappa shape index (κ1) is 81.2. The van der Waals surface area contributed by atoms with E-state index in [-0.39, 0.29) is 0 Å². The van der Waals surface area contributed by atoms with Crippen LogP contribution in [0.1, 0.15) is 0 Å². The molecule has 0 atom stereocenters. The zero-order valence-corrected chi connectivity index (χ0v) is 71.9. The molecule has 0 saturated heterocycles. The van der Waals surface area contributed by atoms with Gasteiger partial charge in [-0.2, -0.15) is 0 Å². The van der Waals surface area contributed by atoms with Crippen molar-refractivity contribution in [2.75, 3.05) is 19.6 Å². The van der Waals surface area contributed by atoms with E-state index in [9.17, 15) is 0 Å². The highest BCUT2D eigenvalue weighted by molar-refractivity contribution is 5.93. The van der Waals surface area contributed by atoms with E-state index >= 15 is 0 Å². The van der Waals surface area contributed by atoms with Gasteiger partial charge >= 0.3 is 0 Å². The second kappa shape index (κ2) is 38.5. The fourth-order valence-corrected chi connectivity index (χ4v) is 17.5. The topological polar surface area (TPSA) is 13.0 Å². The number of hydrogen-bond acceptors (Lipinski definition) is 4. The fraction of sp³-hybridized carbons (Fsp3) is 0. The Balaban J connectivity index is 0.000000163. The molecule has 0 saturated carbocycles. The molecule has 0 amide bonds. The monoisotopic (exact) mass is 1660 g/mol. The van der Waals surface area contributed by atoms with Crippen LogP contribution in [-0.2, 0) is 0 Å². The molecule has 0 aliphatic heterocycles. The number of anilines is 12. The van der Waals surface area contributed by atoms with Crippen molar-refractivity contribution in [2.45, 2.75) is 0 Å². The Morgan fingerprint density at radius 1 is 0.0769 bits per heavy atom. The summed E-state index contributed by atoms with van der Waals surface area (Å²) in [6.45, 7) is 0. The van der Waals surface area contributed by atoms with Gasteiger partial charge in [0.15, 0.2) is 0 Å². The molecule has 4 heteroatoms. The third-order valence-corrected chi connectivity index (χ3v) is 24.2. The molecule has 4 nitrogen and oxygen atoms in total. The van der Waals surface area contributed by atoms with Crippen LogP contribution in [0.15, 0.2) is 558 Å². The van der Waals surface area contributed by atoms with Crippen molar-refractivity contribution in [3.63, 3.8) is 0 Å². The van der Waals surface area contributed by atoms with Crippen molar-refractivity contribution >= 4 is 68.2 Å². The molecule has 0 fully saturated rings. The lowest BCUT2D eigenvalue weighted by Gasteiger charge is -2.27. The van der Waals surface area contributed by atoms with Gasteiger partial charge in [-0.25, -0.2) is 0 Å². The highest BCUT2D eigenvalue weighted by Gasteiger charge is 2.22. The Bertz CT molecular complexity index is 6620. The van der Waals surface area contributed by atoms with Crippen LogP contribution >= 0.6 is 0 Å². The van der Waals surface area contributed by atoms with E-state index in [1.807, 2.05) is 0 Å². The summed E-state index contributed by atoms with van der Waals surface area (Å²) >= 11 is 0. The van der Waals surface area contributed by atoms with Gasteiger partial charge in [0.05, 0.1) is 0 Å². The minimum absolute atomic E-state index is 1.09. The SMILES string of the molecule is c1ccc(-c2ccc(N(c3ccc(-c4ccccc4)cc3)c3ccc(-c4ccc(N(c5ccc(-c6ccccc6)cc5)c5ccc(-c6ccccc6)cc5)cc4)cc3)cc2)cc1.c1ccc(-c2ccc(N(c3ccccc3)c3ccc(-c4ccc(-c5ccc(N(c6ccccc6)c6ccc(-c7ccccc7)c(-c7ccccc7)c6)cc5)cc4)cc3)cc2-c2ccccc2)cc1. The largest absolute Gasteiger partial charge is 0.311 e. The van der Waals surface area contributed by atoms with Gasteiger partial charge in [0.2, 0.25) is 0 Å². The first-order valence-corrected chi connectivity index (χ1v) is 44.4. The number of para-hydroxylation sites is 2. The Labute approximate surface area is 763 Å². The lowest BCUT2D eigenvalue weighted by Crippen LogP contribution is -2.10. The van der Waals surface area contributed by atoms with Gasteiger partial charge in [0, 0.05) is 68.2 Å². The molecule has 0 unspecified atom stereocenters. The summed E-state index contributed by atoms with van der Waals surface area (Å²) in [4.78, 5) is 9.36. The quantitative estimate of drug-likeness (QED) is 0.0633. The standard InChI is InChI=1S/C66H48N2.C60H44N2/c1-7-19-53(20-8-1)63-45-43-61(47-65(63)55-23-11-3-12-24-55)67(57-27-15-5-16-28-57)59-39-35-51(36-40-59)49-31-33-50(34-32-49)52-37-41-60(42-38-52)68(58-29-17-6-18-30-58)62-44-46-64(54-21-9-2-10-22-54)66(48-62)56-25-13-4-14-26-56;1-5-13-45(14-6-1)49-21-33-55(34-22-49)61(56-35-23-50(24-36-56)46-15-7-2-8-16-46)59-41-29-53(30-42-59)54-31-43-60(44-32-54)62(57-37-25-51(26-38-57)47-17-9-3-10-18-47)58-39-27-52(28-40-58)48-19-11-4-12-20-48/h1-48H;1-44H. The highest BCUT2D eigenvalue weighted by Crippen LogP contribution is 2.47. The number of hydrogen-bond donors (Lipinski definition) is 0. The summed E-state index contributed by atoms with van der Waals surface area (Å²) < 4.78 is 0. The molecule has 0 aliphatic rings. The van der Waals surface area contributed by atoms with Crippen LogP contribution in [-0.4, -0.2) is 0 Å². The van der Waals surface area contributed by atoms with Crippen molar-refractivity contribution in [1.82, 2.24) is 0 Å². The van der Waals surface area contributed by atoms with Crippen molar-refractivity contribution in [3.8, 4) is 122 Å². The molecular formula is C126H92N4. The molecule has 616 valence electrons. The Kier molecular flexibility index (Phi) is 24.1. The average Bonchev–Trinajstić information content (AvgIpc) is 0.775. The van der Waals surface area contributed by atoms with Crippen LogP contribution in [0.25, 0.3) is 122 Å². The van der Waals surface area contributed by atoms with Gasteiger partial charge < -0.3 is 19.6 Å². The minimum atomic E-state index is 1.09. The molecule has 0 spiro atoms. The lowest BCUT2D eigenvalue weighted by molar-refractivity contribution is 1.28. The summed E-state index contributed by atoms with van der Waals surface area (Å²) in [5.41, 5.74) is 39.4. The molecule has 21 aromatic rings. The van der Waals surface area contributed by atoms with Crippen LogP contribution in [0.5, 0.6) is 0 Å². The van der Waals surface area contributed by atoms with Gasteiger partial charge in [-0.15, -0.1) is 0 Å². The third-order valence-electron chi connectivity index (χ3n) is 24.2. The molecule has 0 bridgehead atoms. The van der Waals surface area contributed by atoms with Crippen LogP contribution in [0.4, 0.5) is 68.2 Å². The smallest absolute Gasteiger partial charge is 0.0468 e. The molecule has 21 rings (SSSR count). The van der Waals surface area contributed by atoms with Crippen LogP contribution in [0.3, 0.4) is 0 Å². The molecule has 0 N–H and O–H groups in total. The summed E-state index contributed by atoms with van der Waals surface area (Å²) in [6, 6.07) is 200. The average molecular weight is 1660 g/mol. The molecule has 21 aromatic carbocycles. The third kappa shape index (κ3) is 18.2. The first-order chi connectivity index (χ1) is 64.5. The molecule has 0 aliphatic carbocycles. The van der Waals surface area contributed by atoms with Crippen molar-refractivity contribution < 1.29 is 0 Å². The Morgan fingerprint density at radius 3 is 0.369 bits per heavy atom. The van der Waals surface area contributed by atoms with Crippen molar-refractivity contribution in [1.29, 1.82) is 0 Å². The summed E-state index contributed by atoms with van der Waals surface area (Å²) in [7, 11) is 0. The summed E-state index contributed by atoms with van der Waals surface area (Å²) in [5.74, 6) is 0. The fourth-order valence-electron chi connectivity index (χ4n) is 17.5. The van der Waals surface area contributed by atoms with Crippen LogP contribution in [0, 0.1) is 0 Å². The summed E-state index contributed by atoms with van der Waals surface area (Å²) in [5, 5.41) is 0. The van der Waals surface area contributed by atoms with E-state index in [0.29, 0.717) is 0 Å².